The number of hydrogen-bond acceptors (Lipinski definition) is 6. The average molecular weight is 592 g/mol. The van der Waals surface area contributed by atoms with Crippen LogP contribution in [0.2, 0.25) is 0 Å². The Balaban J connectivity index is 1.71. The van der Waals surface area contributed by atoms with Gasteiger partial charge in [-0.3, -0.25) is 4.79 Å². The quantitative estimate of drug-likeness (QED) is 0.232. The summed E-state index contributed by atoms with van der Waals surface area (Å²) in [6, 6.07) is 16.4. The third kappa shape index (κ3) is 6.74. The van der Waals surface area contributed by atoms with Gasteiger partial charge in [0.15, 0.2) is 23.0 Å². The molecule has 3 aromatic carbocycles. The van der Waals surface area contributed by atoms with Crippen LogP contribution in [0.3, 0.4) is 0 Å². The topological polar surface area (TPSA) is 78.4 Å². The number of methoxy groups -OCH3 is 2. The summed E-state index contributed by atoms with van der Waals surface area (Å²) in [6.45, 7) is 2.76. The second-order valence-electron chi connectivity index (χ2n) is 6.95. The Morgan fingerprint density at radius 3 is 2.35 bits per heavy atom. The predicted octanol–water partition coefficient (Wildman–Crippen LogP) is 5.97. The highest BCUT2D eigenvalue weighted by atomic mass is 79.9. The summed E-state index contributed by atoms with van der Waals surface area (Å²) >= 11 is 6.98. The molecule has 3 aromatic rings. The van der Waals surface area contributed by atoms with Gasteiger partial charge >= 0.3 is 0 Å². The van der Waals surface area contributed by atoms with E-state index in [4.69, 9.17) is 18.9 Å². The fourth-order valence-electron chi connectivity index (χ4n) is 3.01. The van der Waals surface area contributed by atoms with Crippen molar-refractivity contribution in [2.75, 3.05) is 20.8 Å². The van der Waals surface area contributed by atoms with Crippen molar-refractivity contribution in [3.05, 3.63) is 80.2 Å². The number of nitrogens with zero attached hydrogens (tertiary/aromatic N) is 1. The Kier molecular flexibility index (Phi) is 9.35. The van der Waals surface area contributed by atoms with Gasteiger partial charge in [0, 0.05) is 10.0 Å². The number of rotatable bonds is 10. The van der Waals surface area contributed by atoms with Crippen molar-refractivity contribution in [3.63, 3.8) is 0 Å². The number of benzene rings is 3. The number of carbonyl (C=O) groups excluding carboxylic acids is 1. The zero-order chi connectivity index (χ0) is 24.5. The van der Waals surface area contributed by atoms with Gasteiger partial charge in [-0.05, 0) is 76.4 Å². The van der Waals surface area contributed by atoms with Gasteiger partial charge in [0.05, 0.1) is 31.5 Å². The summed E-state index contributed by atoms with van der Waals surface area (Å²) in [5.41, 5.74) is 4.66. The first-order valence-corrected chi connectivity index (χ1v) is 11.9. The van der Waals surface area contributed by atoms with E-state index in [9.17, 15) is 4.79 Å². The van der Waals surface area contributed by atoms with E-state index in [2.05, 4.69) is 42.4 Å². The SMILES string of the molecule is CCOc1cc(/C=N/NC(=O)c2ccc(OC)c(OC)c2)cc(Br)c1OCc1ccc(Br)cc1. The van der Waals surface area contributed by atoms with E-state index in [0.717, 1.165) is 15.6 Å². The van der Waals surface area contributed by atoms with E-state index in [1.807, 2.05) is 37.3 Å². The van der Waals surface area contributed by atoms with Crippen LogP contribution in [-0.4, -0.2) is 32.9 Å². The molecule has 0 aliphatic rings. The maximum atomic E-state index is 12.5. The number of ether oxygens (including phenoxy) is 4. The van der Waals surface area contributed by atoms with Crippen molar-refractivity contribution in [1.29, 1.82) is 0 Å². The number of amides is 1. The van der Waals surface area contributed by atoms with Gasteiger partial charge in [0.2, 0.25) is 0 Å². The number of carbonyl (C=O) groups is 1. The monoisotopic (exact) mass is 590 g/mol. The molecule has 7 nitrogen and oxygen atoms in total. The van der Waals surface area contributed by atoms with Gasteiger partial charge in [-0.25, -0.2) is 5.43 Å². The second-order valence-corrected chi connectivity index (χ2v) is 8.72. The van der Waals surface area contributed by atoms with Crippen molar-refractivity contribution < 1.29 is 23.7 Å². The molecule has 0 saturated heterocycles. The molecule has 0 aliphatic carbocycles. The Morgan fingerprint density at radius 2 is 1.68 bits per heavy atom. The molecule has 0 radical (unpaired) electrons. The number of nitrogens with one attached hydrogen (secondary N) is 1. The van der Waals surface area contributed by atoms with E-state index in [-0.39, 0.29) is 5.91 Å². The Bertz CT molecular complexity index is 1170. The average Bonchev–Trinajstić information content (AvgIpc) is 2.84. The minimum atomic E-state index is -0.379. The number of hydrogen-bond donors (Lipinski definition) is 1. The van der Waals surface area contributed by atoms with E-state index in [0.29, 0.717) is 46.2 Å². The molecule has 0 saturated carbocycles. The Morgan fingerprint density at radius 1 is 0.941 bits per heavy atom. The molecule has 0 aromatic heterocycles. The second kappa shape index (κ2) is 12.4. The summed E-state index contributed by atoms with van der Waals surface area (Å²) in [4.78, 5) is 12.5. The highest BCUT2D eigenvalue weighted by Gasteiger charge is 2.13. The number of hydrazone groups is 1. The largest absolute Gasteiger partial charge is 0.493 e. The van der Waals surface area contributed by atoms with Gasteiger partial charge in [-0.2, -0.15) is 5.10 Å². The predicted molar refractivity (Wildman–Crippen MR) is 138 cm³/mol. The lowest BCUT2D eigenvalue weighted by molar-refractivity contribution is 0.0954. The van der Waals surface area contributed by atoms with Crippen molar-refractivity contribution in [2.24, 2.45) is 5.10 Å². The molecule has 1 N–H and O–H groups in total. The van der Waals surface area contributed by atoms with E-state index in [1.54, 1.807) is 24.3 Å². The molecule has 1 amide bonds. The van der Waals surface area contributed by atoms with Crippen LogP contribution in [0.25, 0.3) is 0 Å². The van der Waals surface area contributed by atoms with Gasteiger partial charge in [0.1, 0.15) is 6.61 Å². The molecule has 0 atom stereocenters. The van der Waals surface area contributed by atoms with Gasteiger partial charge < -0.3 is 18.9 Å². The highest BCUT2D eigenvalue weighted by Crippen LogP contribution is 2.37. The molecular weight excluding hydrogens is 568 g/mol. The van der Waals surface area contributed by atoms with Crippen LogP contribution in [0.5, 0.6) is 23.0 Å². The van der Waals surface area contributed by atoms with Crippen LogP contribution in [0.1, 0.15) is 28.4 Å². The van der Waals surface area contributed by atoms with Crippen LogP contribution < -0.4 is 24.4 Å². The number of halogens is 2. The first-order valence-electron chi connectivity index (χ1n) is 10.3. The fraction of sp³-hybridized carbons (Fsp3) is 0.200. The summed E-state index contributed by atoms with van der Waals surface area (Å²) in [5.74, 6) is 1.79. The maximum Gasteiger partial charge on any atom is 0.271 e. The third-order valence-electron chi connectivity index (χ3n) is 4.65. The van der Waals surface area contributed by atoms with Crippen molar-refractivity contribution in [3.8, 4) is 23.0 Å². The lowest BCUT2D eigenvalue weighted by atomic mass is 10.2. The molecule has 0 heterocycles. The molecule has 0 aliphatic heterocycles. The van der Waals surface area contributed by atoms with Gasteiger partial charge in [-0.1, -0.05) is 28.1 Å². The standard InChI is InChI=1S/C25H24Br2N2O5/c1-4-33-23-12-17(11-20(27)24(23)34-15-16-5-8-19(26)9-6-16)14-28-29-25(30)18-7-10-21(31-2)22(13-18)32-3/h5-14H,4,15H2,1-3H3,(H,29,30)/b28-14+. The zero-order valence-corrected chi connectivity index (χ0v) is 22.1. The van der Waals surface area contributed by atoms with Crippen LogP contribution in [0.4, 0.5) is 0 Å². The van der Waals surface area contributed by atoms with E-state index < -0.39 is 0 Å². The minimum Gasteiger partial charge on any atom is -0.493 e. The molecule has 0 fully saturated rings. The smallest absolute Gasteiger partial charge is 0.271 e. The van der Waals surface area contributed by atoms with Crippen molar-refractivity contribution in [2.45, 2.75) is 13.5 Å². The molecular formula is C25H24Br2N2O5. The van der Waals surface area contributed by atoms with Crippen molar-refractivity contribution in [1.82, 2.24) is 5.43 Å². The minimum absolute atomic E-state index is 0.379. The molecule has 0 spiro atoms. The summed E-state index contributed by atoms with van der Waals surface area (Å²) in [7, 11) is 3.05. The first kappa shape index (κ1) is 25.6. The van der Waals surface area contributed by atoms with Crippen LogP contribution in [0, 0.1) is 0 Å². The van der Waals surface area contributed by atoms with Crippen molar-refractivity contribution >= 4 is 44.0 Å². The van der Waals surface area contributed by atoms with Gasteiger partial charge in [-0.15, -0.1) is 0 Å². The summed E-state index contributed by atoms with van der Waals surface area (Å²) in [5, 5.41) is 4.07. The van der Waals surface area contributed by atoms with Crippen LogP contribution >= 0.6 is 31.9 Å². The summed E-state index contributed by atoms with van der Waals surface area (Å²) in [6.07, 6.45) is 1.53. The first-order chi connectivity index (χ1) is 16.4. The highest BCUT2D eigenvalue weighted by molar-refractivity contribution is 9.10. The third-order valence-corrected chi connectivity index (χ3v) is 5.77. The maximum absolute atomic E-state index is 12.5. The van der Waals surface area contributed by atoms with Gasteiger partial charge in [0.25, 0.3) is 5.91 Å². The van der Waals surface area contributed by atoms with E-state index in [1.165, 1.54) is 20.4 Å². The summed E-state index contributed by atoms with van der Waals surface area (Å²) < 4.78 is 23.9. The Labute approximate surface area is 215 Å². The molecule has 3 rings (SSSR count). The normalized spacial score (nSPS) is 10.7. The molecule has 0 bridgehead atoms. The Hall–Kier alpha value is -3.04. The lowest BCUT2D eigenvalue weighted by Crippen LogP contribution is -2.17. The molecule has 34 heavy (non-hydrogen) atoms. The van der Waals surface area contributed by atoms with Crippen LogP contribution in [-0.2, 0) is 6.61 Å². The molecule has 178 valence electrons. The zero-order valence-electron chi connectivity index (χ0n) is 18.9. The lowest BCUT2D eigenvalue weighted by Gasteiger charge is -2.14. The fourth-order valence-corrected chi connectivity index (χ4v) is 3.85. The molecule has 0 unspecified atom stereocenters. The van der Waals surface area contributed by atoms with Crippen LogP contribution in [0.15, 0.2) is 68.6 Å². The molecule has 9 heteroatoms. The van der Waals surface area contributed by atoms with E-state index >= 15 is 0 Å².